The van der Waals surface area contributed by atoms with Gasteiger partial charge in [-0.3, -0.25) is 4.79 Å². The Bertz CT molecular complexity index is 1800. The van der Waals surface area contributed by atoms with Crippen molar-refractivity contribution in [1.29, 1.82) is 0 Å². The molecule has 13 heteroatoms. The molecule has 252 valence electrons. The van der Waals surface area contributed by atoms with Crippen LogP contribution in [-0.2, 0) is 26.7 Å². The molecule has 4 aromatic rings. The molecule has 0 saturated carbocycles. The second-order valence-corrected chi connectivity index (χ2v) is 13.0. The van der Waals surface area contributed by atoms with Gasteiger partial charge in [-0.15, -0.1) is 5.10 Å². The number of hydrogen-bond donors (Lipinski definition) is 1. The molecule has 1 aromatic heterocycles. The molecule has 0 bridgehead atoms. The molecule has 1 aliphatic heterocycles. The van der Waals surface area contributed by atoms with Crippen LogP contribution in [-0.4, -0.2) is 57.8 Å². The maximum absolute atomic E-state index is 13.9. The third-order valence-electron chi connectivity index (χ3n) is 7.68. The summed E-state index contributed by atoms with van der Waals surface area (Å²) in [5.41, 5.74) is 3.45. The standard InChI is InChI=1S/C35H37BrClN5O5S/c1-5-41(6-2)29(43)20-46-32-26(36)17-25(18-28(32)45-7-3)31-30(33(44)47-19-23-13-9-8-10-14-23)22(4)38-34-39-35(40-42(31)34)48-21-24-15-11-12-16-27(24)37/h8-18,31H,5-7,19-21H2,1-4H3,(H,38,39,40). The lowest BCUT2D eigenvalue weighted by Crippen LogP contribution is -2.34. The van der Waals surface area contributed by atoms with Gasteiger partial charge in [0.15, 0.2) is 18.1 Å². The Labute approximate surface area is 297 Å². The number of halogens is 2. The first-order valence-electron chi connectivity index (χ1n) is 15.6. The number of allylic oxidation sites excluding steroid dienone is 1. The summed E-state index contributed by atoms with van der Waals surface area (Å²) < 4.78 is 20.1. The number of fused-ring (bicyclic) bond motifs is 1. The van der Waals surface area contributed by atoms with Crippen LogP contribution >= 0.6 is 39.3 Å². The number of carbonyl (C=O) groups excluding carboxylic acids is 2. The van der Waals surface area contributed by atoms with E-state index in [1.807, 2.05) is 88.4 Å². The number of carbonyl (C=O) groups is 2. The minimum atomic E-state index is -0.728. The van der Waals surface area contributed by atoms with E-state index < -0.39 is 12.0 Å². The molecule has 3 aromatic carbocycles. The summed E-state index contributed by atoms with van der Waals surface area (Å²) in [7, 11) is 0. The van der Waals surface area contributed by atoms with Crippen LogP contribution in [0, 0.1) is 0 Å². The van der Waals surface area contributed by atoms with Gasteiger partial charge in [0, 0.05) is 29.6 Å². The highest BCUT2D eigenvalue weighted by Crippen LogP contribution is 2.43. The topological polar surface area (TPSA) is 108 Å². The Kier molecular flexibility index (Phi) is 12.1. The van der Waals surface area contributed by atoms with Gasteiger partial charge in [0.25, 0.3) is 5.91 Å². The van der Waals surface area contributed by atoms with Gasteiger partial charge in [0.05, 0.1) is 16.7 Å². The van der Waals surface area contributed by atoms with E-state index >= 15 is 0 Å². The number of aromatic nitrogens is 3. The van der Waals surface area contributed by atoms with Crippen LogP contribution in [0.2, 0.25) is 5.02 Å². The number of thioether (sulfide) groups is 1. The van der Waals surface area contributed by atoms with Crippen molar-refractivity contribution in [1.82, 2.24) is 19.7 Å². The van der Waals surface area contributed by atoms with E-state index in [2.05, 4.69) is 21.2 Å². The number of benzene rings is 3. The van der Waals surface area contributed by atoms with Gasteiger partial charge in [-0.05, 0) is 78.5 Å². The molecule has 0 spiro atoms. The SMILES string of the molecule is CCOc1cc(C2C(C(=O)OCc3ccccc3)=C(C)Nc3nc(SCc4ccccc4Cl)nn32)cc(Br)c1OCC(=O)N(CC)CC. The fraction of sp³-hybridized carbons (Fsp3) is 0.314. The highest BCUT2D eigenvalue weighted by atomic mass is 79.9. The molecular weight excluding hydrogens is 718 g/mol. The zero-order chi connectivity index (χ0) is 34.2. The molecule has 1 N–H and O–H groups in total. The fourth-order valence-corrected chi connectivity index (χ4v) is 6.96. The van der Waals surface area contributed by atoms with Crippen molar-refractivity contribution >= 4 is 57.1 Å². The van der Waals surface area contributed by atoms with Gasteiger partial charge in [0.1, 0.15) is 12.6 Å². The molecule has 5 rings (SSSR count). The van der Waals surface area contributed by atoms with Gasteiger partial charge in [-0.2, -0.15) is 4.98 Å². The minimum absolute atomic E-state index is 0.105. The van der Waals surface area contributed by atoms with Gasteiger partial charge >= 0.3 is 5.97 Å². The molecule has 2 heterocycles. The minimum Gasteiger partial charge on any atom is -0.490 e. The first kappa shape index (κ1) is 35.3. The van der Waals surface area contributed by atoms with Crippen molar-refractivity contribution < 1.29 is 23.8 Å². The lowest BCUT2D eigenvalue weighted by Gasteiger charge is -2.29. The zero-order valence-electron chi connectivity index (χ0n) is 27.2. The molecule has 1 amide bonds. The number of anilines is 1. The van der Waals surface area contributed by atoms with Crippen LogP contribution in [0.3, 0.4) is 0 Å². The van der Waals surface area contributed by atoms with E-state index in [1.54, 1.807) is 15.6 Å². The number of nitrogens with one attached hydrogen (secondary N) is 1. The molecule has 10 nitrogen and oxygen atoms in total. The van der Waals surface area contributed by atoms with E-state index in [0.717, 1.165) is 11.1 Å². The molecular formula is C35H37BrClN5O5S. The quantitative estimate of drug-likeness (QED) is 0.103. The number of ether oxygens (including phenoxy) is 3. The summed E-state index contributed by atoms with van der Waals surface area (Å²) in [6, 6.07) is 20.1. The van der Waals surface area contributed by atoms with Crippen LogP contribution in [0.15, 0.2) is 87.6 Å². The molecule has 1 aliphatic rings. The molecule has 1 unspecified atom stereocenters. The fourth-order valence-electron chi connectivity index (χ4n) is 5.27. The van der Waals surface area contributed by atoms with Crippen molar-refractivity contribution in [2.45, 2.75) is 51.3 Å². The van der Waals surface area contributed by atoms with Crippen molar-refractivity contribution in [3.63, 3.8) is 0 Å². The summed E-state index contributed by atoms with van der Waals surface area (Å²) in [6.45, 7) is 9.00. The van der Waals surface area contributed by atoms with Crippen molar-refractivity contribution in [3.8, 4) is 11.5 Å². The van der Waals surface area contributed by atoms with Crippen LogP contribution < -0.4 is 14.8 Å². The Balaban J connectivity index is 1.52. The predicted molar refractivity (Wildman–Crippen MR) is 190 cm³/mol. The predicted octanol–water partition coefficient (Wildman–Crippen LogP) is 7.66. The van der Waals surface area contributed by atoms with Crippen LogP contribution in [0.25, 0.3) is 0 Å². The lowest BCUT2D eigenvalue weighted by molar-refractivity contribution is -0.141. The normalized spacial score (nSPS) is 13.8. The first-order valence-corrected chi connectivity index (χ1v) is 17.8. The van der Waals surface area contributed by atoms with Gasteiger partial charge in [-0.1, -0.05) is 71.9 Å². The van der Waals surface area contributed by atoms with Crippen LogP contribution in [0.1, 0.15) is 50.4 Å². The average Bonchev–Trinajstić information content (AvgIpc) is 3.49. The third-order valence-corrected chi connectivity index (χ3v) is 9.53. The van der Waals surface area contributed by atoms with E-state index in [-0.39, 0.29) is 19.1 Å². The number of nitrogens with zero attached hydrogens (tertiary/aromatic N) is 4. The smallest absolute Gasteiger partial charge is 0.338 e. The monoisotopic (exact) mass is 753 g/mol. The Hall–Kier alpha value is -4.00. The Morgan fingerprint density at radius 3 is 2.48 bits per heavy atom. The van der Waals surface area contributed by atoms with Crippen LogP contribution in [0.4, 0.5) is 5.95 Å². The van der Waals surface area contributed by atoms with Gasteiger partial charge in [0.2, 0.25) is 11.1 Å². The third kappa shape index (κ3) is 8.16. The van der Waals surface area contributed by atoms with E-state index in [4.69, 9.17) is 35.9 Å². The molecule has 1 atom stereocenters. The second-order valence-electron chi connectivity index (χ2n) is 10.8. The van der Waals surface area contributed by atoms with Gasteiger partial charge < -0.3 is 24.4 Å². The van der Waals surface area contributed by atoms with Crippen LogP contribution in [0.5, 0.6) is 11.5 Å². The molecule has 0 radical (unpaired) electrons. The summed E-state index contributed by atoms with van der Waals surface area (Å²) in [4.78, 5) is 33.1. The highest BCUT2D eigenvalue weighted by molar-refractivity contribution is 9.10. The van der Waals surface area contributed by atoms with Crippen molar-refractivity contribution in [2.24, 2.45) is 0 Å². The molecule has 0 fully saturated rings. The summed E-state index contributed by atoms with van der Waals surface area (Å²) in [5, 5.41) is 9.28. The summed E-state index contributed by atoms with van der Waals surface area (Å²) >= 11 is 11.5. The average molecular weight is 755 g/mol. The van der Waals surface area contributed by atoms with Crippen molar-refractivity contribution in [3.05, 3.63) is 104 Å². The van der Waals surface area contributed by atoms with Crippen molar-refractivity contribution in [2.75, 3.05) is 31.6 Å². The number of amides is 1. The number of rotatable bonds is 14. The van der Waals surface area contributed by atoms with E-state index in [1.165, 1.54) is 11.8 Å². The number of hydrogen-bond acceptors (Lipinski definition) is 9. The molecule has 0 aliphatic carbocycles. The molecule has 0 saturated heterocycles. The number of likely N-dealkylation sites (N-methyl/N-ethyl adjacent to an activating group) is 1. The van der Waals surface area contributed by atoms with E-state index in [9.17, 15) is 9.59 Å². The highest BCUT2D eigenvalue weighted by Gasteiger charge is 2.36. The van der Waals surface area contributed by atoms with Gasteiger partial charge in [-0.25, -0.2) is 9.48 Å². The maximum atomic E-state index is 13.9. The van der Waals surface area contributed by atoms with E-state index in [0.29, 0.717) is 74.4 Å². The lowest BCUT2D eigenvalue weighted by atomic mass is 9.95. The Morgan fingerprint density at radius 1 is 1.04 bits per heavy atom. The largest absolute Gasteiger partial charge is 0.490 e. The number of esters is 1. The molecule has 48 heavy (non-hydrogen) atoms. The maximum Gasteiger partial charge on any atom is 0.338 e. The zero-order valence-corrected chi connectivity index (χ0v) is 30.3. The first-order chi connectivity index (χ1) is 23.2. The second kappa shape index (κ2) is 16.4. The summed E-state index contributed by atoms with van der Waals surface area (Å²) in [6.07, 6.45) is 0. The summed E-state index contributed by atoms with van der Waals surface area (Å²) in [5.74, 6) is 1.20. The Morgan fingerprint density at radius 2 is 1.77 bits per heavy atom.